The summed E-state index contributed by atoms with van der Waals surface area (Å²) in [5, 5.41) is 5.94. The van der Waals surface area contributed by atoms with Gasteiger partial charge >= 0.3 is 6.03 Å². The van der Waals surface area contributed by atoms with Gasteiger partial charge in [-0.05, 0) is 30.4 Å². The molecule has 31 heavy (non-hydrogen) atoms. The Morgan fingerprint density at radius 1 is 0.935 bits per heavy atom. The summed E-state index contributed by atoms with van der Waals surface area (Å²) in [5.41, 5.74) is 1.26. The maximum atomic E-state index is 13.1. The molecule has 162 valence electrons. The maximum Gasteiger partial charge on any atom is 0.325 e. The van der Waals surface area contributed by atoms with E-state index in [0.29, 0.717) is 19.3 Å². The van der Waals surface area contributed by atoms with E-state index in [1.165, 1.54) is 0 Å². The van der Waals surface area contributed by atoms with Gasteiger partial charge in [0.05, 0.1) is 6.04 Å². The predicted molar refractivity (Wildman–Crippen MR) is 118 cm³/mol. The van der Waals surface area contributed by atoms with Crippen LogP contribution in [0.25, 0.3) is 0 Å². The van der Waals surface area contributed by atoms with Crippen molar-refractivity contribution in [1.29, 1.82) is 0 Å². The van der Waals surface area contributed by atoms with Crippen LogP contribution < -0.4 is 10.6 Å². The van der Waals surface area contributed by atoms with Gasteiger partial charge in [0.25, 0.3) is 5.91 Å². The van der Waals surface area contributed by atoms with Crippen molar-refractivity contribution in [2.45, 2.75) is 56.5 Å². The van der Waals surface area contributed by atoms with Crippen LogP contribution >= 0.6 is 0 Å². The molecule has 1 heterocycles. The zero-order chi connectivity index (χ0) is 21.7. The molecule has 2 fully saturated rings. The molecule has 1 aliphatic carbocycles. The van der Waals surface area contributed by atoms with E-state index < -0.39 is 11.6 Å². The SMILES string of the molecule is O=C(CN1C(=O)NC2(CCCCCC2)C1=O)N[C@@H](Cc1ccccc1)c1ccccc1. The van der Waals surface area contributed by atoms with Crippen molar-refractivity contribution in [3.05, 3.63) is 71.8 Å². The van der Waals surface area contributed by atoms with Gasteiger partial charge in [0.15, 0.2) is 0 Å². The molecule has 6 nitrogen and oxygen atoms in total. The standard InChI is InChI=1S/C25H29N3O3/c29-22(18-28-23(30)25(27-24(28)31)15-9-1-2-10-16-25)26-21(20-13-7-4-8-14-20)17-19-11-5-3-6-12-19/h3-8,11-14,21H,1-2,9-10,15-18H2,(H,26,29)(H,27,31)/t21-/m0/s1. The molecule has 1 saturated heterocycles. The Bertz CT molecular complexity index is 922. The van der Waals surface area contributed by atoms with Crippen molar-refractivity contribution >= 4 is 17.8 Å². The number of urea groups is 1. The van der Waals surface area contributed by atoms with Crippen LogP contribution in [0.3, 0.4) is 0 Å². The van der Waals surface area contributed by atoms with E-state index in [0.717, 1.165) is 41.7 Å². The largest absolute Gasteiger partial charge is 0.347 e. The Morgan fingerprint density at radius 3 is 2.19 bits per heavy atom. The first-order chi connectivity index (χ1) is 15.1. The number of nitrogens with zero attached hydrogens (tertiary/aromatic N) is 1. The van der Waals surface area contributed by atoms with Gasteiger partial charge in [0.2, 0.25) is 5.91 Å². The highest BCUT2D eigenvalue weighted by Crippen LogP contribution is 2.32. The number of amides is 4. The second-order valence-corrected chi connectivity index (χ2v) is 8.54. The van der Waals surface area contributed by atoms with Crippen molar-refractivity contribution in [2.24, 2.45) is 0 Å². The fourth-order valence-corrected chi connectivity index (χ4v) is 4.66. The molecular formula is C25H29N3O3. The van der Waals surface area contributed by atoms with Crippen molar-refractivity contribution in [2.75, 3.05) is 6.54 Å². The van der Waals surface area contributed by atoms with E-state index in [9.17, 15) is 14.4 Å². The van der Waals surface area contributed by atoms with Crippen LogP contribution in [0.4, 0.5) is 4.79 Å². The summed E-state index contributed by atoms with van der Waals surface area (Å²) >= 11 is 0. The van der Waals surface area contributed by atoms with Gasteiger partial charge in [-0.1, -0.05) is 86.3 Å². The molecule has 1 spiro atoms. The van der Waals surface area contributed by atoms with E-state index >= 15 is 0 Å². The molecule has 0 unspecified atom stereocenters. The number of imide groups is 1. The van der Waals surface area contributed by atoms with Gasteiger partial charge in [-0.3, -0.25) is 14.5 Å². The molecule has 2 aromatic rings. The average molecular weight is 420 g/mol. The normalized spacial score (nSPS) is 19.0. The number of carbonyl (C=O) groups is 3. The van der Waals surface area contributed by atoms with Crippen molar-refractivity contribution in [3.8, 4) is 0 Å². The van der Waals surface area contributed by atoms with Gasteiger partial charge in [-0.2, -0.15) is 0 Å². The van der Waals surface area contributed by atoms with Gasteiger partial charge in [-0.15, -0.1) is 0 Å². The Morgan fingerprint density at radius 2 is 1.55 bits per heavy atom. The number of hydrogen-bond donors (Lipinski definition) is 2. The first-order valence-electron chi connectivity index (χ1n) is 11.1. The van der Waals surface area contributed by atoms with Gasteiger partial charge in [0, 0.05) is 0 Å². The minimum absolute atomic E-state index is 0.247. The Hall–Kier alpha value is -3.15. The van der Waals surface area contributed by atoms with Gasteiger partial charge < -0.3 is 10.6 Å². The lowest BCUT2D eigenvalue weighted by atomic mass is 9.90. The molecule has 1 saturated carbocycles. The number of nitrogens with one attached hydrogen (secondary N) is 2. The van der Waals surface area contributed by atoms with Crippen LogP contribution in [0.15, 0.2) is 60.7 Å². The summed E-state index contributed by atoms with van der Waals surface area (Å²) in [6.45, 7) is -0.259. The number of carbonyl (C=O) groups excluding carboxylic acids is 3. The van der Waals surface area contributed by atoms with E-state index in [2.05, 4.69) is 10.6 Å². The first kappa shape index (κ1) is 21.1. The van der Waals surface area contributed by atoms with E-state index in [1.807, 2.05) is 60.7 Å². The molecular weight excluding hydrogens is 390 g/mol. The van der Waals surface area contributed by atoms with Crippen LogP contribution in [-0.2, 0) is 16.0 Å². The summed E-state index contributed by atoms with van der Waals surface area (Å²) in [5.74, 6) is -0.590. The highest BCUT2D eigenvalue weighted by Gasteiger charge is 2.51. The third kappa shape index (κ3) is 4.79. The van der Waals surface area contributed by atoms with Crippen LogP contribution in [0.2, 0.25) is 0 Å². The van der Waals surface area contributed by atoms with Crippen LogP contribution in [0.1, 0.15) is 55.7 Å². The Kier molecular flexibility index (Phi) is 6.35. The van der Waals surface area contributed by atoms with Crippen LogP contribution in [-0.4, -0.2) is 34.8 Å². The summed E-state index contributed by atoms with van der Waals surface area (Å²) in [6.07, 6.45) is 5.90. The molecule has 2 aliphatic rings. The molecule has 4 rings (SSSR count). The third-order valence-corrected chi connectivity index (χ3v) is 6.32. The third-order valence-electron chi connectivity index (χ3n) is 6.32. The molecule has 2 aromatic carbocycles. The lowest BCUT2D eigenvalue weighted by Crippen LogP contribution is -2.47. The van der Waals surface area contributed by atoms with Crippen molar-refractivity contribution < 1.29 is 14.4 Å². The molecule has 1 atom stereocenters. The predicted octanol–water partition coefficient (Wildman–Crippen LogP) is 3.73. The minimum atomic E-state index is -0.823. The van der Waals surface area contributed by atoms with Crippen LogP contribution in [0, 0.1) is 0 Å². The number of benzene rings is 2. The summed E-state index contributed by atoms with van der Waals surface area (Å²) in [7, 11) is 0. The molecule has 6 heteroatoms. The van der Waals surface area contributed by atoms with E-state index in [4.69, 9.17) is 0 Å². The average Bonchev–Trinajstić information content (AvgIpc) is 2.94. The molecule has 0 bridgehead atoms. The lowest BCUT2D eigenvalue weighted by Gasteiger charge is -2.25. The summed E-state index contributed by atoms with van der Waals surface area (Å²) in [6, 6.07) is 19.0. The first-order valence-corrected chi connectivity index (χ1v) is 11.1. The molecule has 0 radical (unpaired) electrons. The number of rotatable bonds is 6. The highest BCUT2D eigenvalue weighted by molar-refractivity contribution is 6.09. The zero-order valence-corrected chi connectivity index (χ0v) is 17.7. The maximum absolute atomic E-state index is 13.1. The monoisotopic (exact) mass is 419 g/mol. The topological polar surface area (TPSA) is 78.5 Å². The summed E-state index contributed by atoms with van der Waals surface area (Å²) < 4.78 is 0. The van der Waals surface area contributed by atoms with Gasteiger partial charge in [0.1, 0.15) is 12.1 Å². The summed E-state index contributed by atoms with van der Waals surface area (Å²) in [4.78, 5) is 39.7. The van der Waals surface area contributed by atoms with Crippen LogP contribution in [0.5, 0.6) is 0 Å². The fourth-order valence-electron chi connectivity index (χ4n) is 4.66. The number of hydrogen-bond acceptors (Lipinski definition) is 3. The Labute approximate surface area is 183 Å². The van der Waals surface area contributed by atoms with E-state index in [1.54, 1.807) is 0 Å². The van der Waals surface area contributed by atoms with Crippen molar-refractivity contribution in [3.63, 3.8) is 0 Å². The molecule has 4 amide bonds. The fraction of sp³-hybridized carbons (Fsp3) is 0.400. The smallest absolute Gasteiger partial charge is 0.325 e. The quantitative estimate of drug-likeness (QED) is 0.701. The highest BCUT2D eigenvalue weighted by atomic mass is 16.2. The van der Waals surface area contributed by atoms with Crippen molar-refractivity contribution in [1.82, 2.24) is 15.5 Å². The zero-order valence-electron chi connectivity index (χ0n) is 17.7. The van der Waals surface area contributed by atoms with E-state index in [-0.39, 0.29) is 24.4 Å². The second-order valence-electron chi connectivity index (χ2n) is 8.54. The Balaban J connectivity index is 1.46. The lowest BCUT2D eigenvalue weighted by molar-refractivity contribution is -0.135. The molecule has 1 aliphatic heterocycles. The molecule has 0 aromatic heterocycles. The molecule has 2 N–H and O–H groups in total. The van der Waals surface area contributed by atoms with Gasteiger partial charge in [-0.25, -0.2) is 4.79 Å². The minimum Gasteiger partial charge on any atom is -0.347 e. The second kappa shape index (κ2) is 9.33.